The summed E-state index contributed by atoms with van der Waals surface area (Å²) in [7, 11) is 0. The van der Waals surface area contributed by atoms with Crippen molar-refractivity contribution >= 4 is 11.9 Å². The lowest BCUT2D eigenvalue weighted by Crippen LogP contribution is -2.32. The van der Waals surface area contributed by atoms with Crippen molar-refractivity contribution in [1.82, 2.24) is 0 Å². The maximum atomic E-state index is 10.7. The molecule has 5 heteroatoms. The molecule has 0 aliphatic heterocycles. The average molecular weight is 173 g/mol. The van der Waals surface area contributed by atoms with Crippen LogP contribution in [0.5, 0.6) is 0 Å². The highest BCUT2D eigenvalue weighted by molar-refractivity contribution is 5.81. The molecule has 0 aliphatic carbocycles. The summed E-state index contributed by atoms with van der Waals surface area (Å²) in [6.07, 6.45) is 2.38. The molecule has 3 N–H and O–H groups in total. The molecule has 12 heavy (non-hydrogen) atoms. The van der Waals surface area contributed by atoms with Crippen molar-refractivity contribution in [3.8, 4) is 0 Å². The molecule has 0 heterocycles. The molecule has 0 amide bonds. The molecule has 0 saturated heterocycles. The van der Waals surface area contributed by atoms with E-state index in [-0.39, 0.29) is 6.42 Å². The molecule has 68 valence electrons. The minimum Gasteiger partial charge on any atom is -0.480 e. The van der Waals surface area contributed by atoms with Gasteiger partial charge in [-0.15, -0.1) is 0 Å². The zero-order valence-corrected chi connectivity index (χ0v) is 6.69. The minimum absolute atomic E-state index is 0.320. The van der Waals surface area contributed by atoms with E-state index < -0.39 is 18.0 Å². The van der Waals surface area contributed by atoms with Gasteiger partial charge in [-0.1, -0.05) is 6.08 Å². The molecule has 0 spiro atoms. The molecule has 0 saturated carbocycles. The van der Waals surface area contributed by atoms with Crippen LogP contribution in [0.3, 0.4) is 0 Å². The van der Waals surface area contributed by atoms with E-state index in [0.717, 1.165) is 0 Å². The zero-order valence-electron chi connectivity index (χ0n) is 6.69. The Morgan fingerprint density at radius 1 is 1.67 bits per heavy atom. The van der Waals surface area contributed by atoms with Crippen LogP contribution in [0.15, 0.2) is 12.3 Å². The highest BCUT2D eigenvalue weighted by Gasteiger charge is 2.16. The number of hydrogen-bond acceptors (Lipinski definition) is 4. The molecule has 0 fully saturated rings. The average Bonchev–Trinajstić information content (AvgIpc) is 2.00. The van der Waals surface area contributed by atoms with E-state index in [4.69, 9.17) is 10.8 Å². The summed E-state index contributed by atoms with van der Waals surface area (Å²) in [4.78, 5) is 20.9. The van der Waals surface area contributed by atoms with E-state index in [1.165, 1.54) is 12.3 Å². The van der Waals surface area contributed by atoms with Crippen LogP contribution in [0.4, 0.5) is 0 Å². The van der Waals surface area contributed by atoms with Crippen LogP contribution < -0.4 is 5.73 Å². The fraction of sp³-hybridized carbons (Fsp3) is 0.429. The quantitative estimate of drug-likeness (QED) is 0.456. The van der Waals surface area contributed by atoms with Gasteiger partial charge in [0.1, 0.15) is 6.04 Å². The molecule has 5 nitrogen and oxygen atoms in total. The highest BCUT2D eigenvalue weighted by Crippen LogP contribution is 1.92. The van der Waals surface area contributed by atoms with E-state index in [2.05, 4.69) is 4.74 Å². The monoisotopic (exact) mass is 173 g/mol. The van der Waals surface area contributed by atoms with E-state index in [0.29, 0.717) is 0 Å². The molecular weight excluding hydrogens is 162 g/mol. The SMILES string of the molecule is CC=COC(=O)CC(N)C(=O)O. The maximum absolute atomic E-state index is 10.7. The first-order valence-corrected chi connectivity index (χ1v) is 3.37. The van der Waals surface area contributed by atoms with E-state index in [9.17, 15) is 9.59 Å². The topological polar surface area (TPSA) is 89.6 Å². The number of nitrogens with two attached hydrogens (primary N) is 1. The zero-order chi connectivity index (χ0) is 9.56. The second kappa shape index (κ2) is 5.31. The summed E-state index contributed by atoms with van der Waals surface area (Å²) in [5.41, 5.74) is 5.06. The second-order valence-corrected chi connectivity index (χ2v) is 2.11. The van der Waals surface area contributed by atoms with Gasteiger partial charge in [-0.05, 0) is 6.92 Å². The van der Waals surface area contributed by atoms with Gasteiger partial charge in [-0.25, -0.2) is 0 Å². The van der Waals surface area contributed by atoms with E-state index >= 15 is 0 Å². The van der Waals surface area contributed by atoms with E-state index in [1.807, 2.05) is 0 Å². The third-order valence-electron chi connectivity index (χ3n) is 1.04. The molecule has 0 bridgehead atoms. The third kappa shape index (κ3) is 4.45. The Kier molecular flexibility index (Phi) is 4.71. The standard InChI is InChI=1S/C7H11NO4/c1-2-3-12-6(9)4-5(8)7(10)11/h2-3,5H,4,8H2,1H3,(H,10,11). The predicted octanol–water partition coefficient (Wildman–Crippen LogP) is -0.135. The van der Waals surface area contributed by atoms with Gasteiger partial charge >= 0.3 is 11.9 Å². The lowest BCUT2D eigenvalue weighted by Gasteiger charge is -2.03. The molecule has 0 aromatic heterocycles. The summed E-state index contributed by atoms with van der Waals surface area (Å²) in [5, 5.41) is 8.31. The molecule has 0 aromatic carbocycles. The van der Waals surface area contributed by atoms with Gasteiger partial charge in [0, 0.05) is 0 Å². The normalized spacial score (nSPS) is 12.8. The lowest BCUT2D eigenvalue weighted by molar-refractivity contribution is -0.145. The number of esters is 1. The second-order valence-electron chi connectivity index (χ2n) is 2.11. The maximum Gasteiger partial charge on any atom is 0.321 e. The summed E-state index contributed by atoms with van der Waals surface area (Å²) < 4.78 is 4.45. The van der Waals surface area contributed by atoms with Crippen LogP contribution in [-0.2, 0) is 14.3 Å². The molecular formula is C7H11NO4. The van der Waals surface area contributed by atoms with Crippen molar-refractivity contribution in [2.24, 2.45) is 5.73 Å². The first kappa shape index (κ1) is 10.6. The summed E-state index contributed by atoms with van der Waals surface area (Å²) in [5.74, 6) is -1.87. The van der Waals surface area contributed by atoms with Crippen molar-refractivity contribution in [2.75, 3.05) is 0 Å². The Morgan fingerprint density at radius 2 is 2.25 bits per heavy atom. The summed E-state index contributed by atoms with van der Waals surface area (Å²) in [6, 6.07) is -1.19. The van der Waals surface area contributed by atoms with Crippen LogP contribution >= 0.6 is 0 Å². The Bertz CT molecular complexity index is 200. The number of allylic oxidation sites excluding steroid dienone is 1. The largest absolute Gasteiger partial charge is 0.480 e. The van der Waals surface area contributed by atoms with Crippen LogP contribution in [0.1, 0.15) is 13.3 Å². The van der Waals surface area contributed by atoms with Gasteiger partial charge in [0.2, 0.25) is 0 Å². The van der Waals surface area contributed by atoms with Crippen LogP contribution in [0.2, 0.25) is 0 Å². The molecule has 0 radical (unpaired) electrons. The van der Waals surface area contributed by atoms with Crippen molar-refractivity contribution in [3.05, 3.63) is 12.3 Å². The van der Waals surface area contributed by atoms with Gasteiger partial charge in [0.05, 0.1) is 12.7 Å². The number of rotatable bonds is 4. The van der Waals surface area contributed by atoms with Crippen LogP contribution in [0, 0.1) is 0 Å². The molecule has 1 atom stereocenters. The van der Waals surface area contributed by atoms with Crippen molar-refractivity contribution in [2.45, 2.75) is 19.4 Å². The van der Waals surface area contributed by atoms with Crippen LogP contribution in [-0.4, -0.2) is 23.1 Å². The molecule has 1 unspecified atom stereocenters. The Balaban J connectivity index is 3.76. The number of carbonyl (C=O) groups is 2. The highest BCUT2D eigenvalue weighted by atomic mass is 16.5. The van der Waals surface area contributed by atoms with Crippen LogP contribution in [0.25, 0.3) is 0 Å². The fourth-order valence-electron chi connectivity index (χ4n) is 0.459. The lowest BCUT2D eigenvalue weighted by atomic mass is 10.2. The van der Waals surface area contributed by atoms with E-state index in [1.54, 1.807) is 6.92 Å². The summed E-state index contributed by atoms with van der Waals surface area (Å²) >= 11 is 0. The molecule has 0 rings (SSSR count). The number of hydrogen-bond donors (Lipinski definition) is 2. The van der Waals surface area contributed by atoms with Gasteiger partial charge in [0.25, 0.3) is 0 Å². The first-order chi connectivity index (χ1) is 5.57. The number of aliphatic carboxylic acids is 1. The fourth-order valence-corrected chi connectivity index (χ4v) is 0.459. The third-order valence-corrected chi connectivity index (χ3v) is 1.04. The number of carbonyl (C=O) groups excluding carboxylic acids is 1. The minimum atomic E-state index is -1.22. The van der Waals surface area contributed by atoms with Crippen molar-refractivity contribution < 1.29 is 19.4 Å². The van der Waals surface area contributed by atoms with Crippen molar-refractivity contribution in [1.29, 1.82) is 0 Å². The van der Waals surface area contributed by atoms with Crippen molar-refractivity contribution in [3.63, 3.8) is 0 Å². The Morgan fingerprint density at radius 3 is 2.67 bits per heavy atom. The predicted molar refractivity (Wildman–Crippen MR) is 41.1 cm³/mol. The number of carboxylic acids is 1. The number of ether oxygens (including phenoxy) is 1. The molecule has 0 aliphatic rings. The molecule has 0 aromatic rings. The van der Waals surface area contributed by atoms with Gasteiger partial charge in [-0.3, -0.25) is 9.59 Å². The summed E-state index contributed by atoms with van der Waals surface area (Å²) in [6.45, 7) is 1.67. The van der Waals surface area contributed by atoms with Gasteiger partial charge in [-0.2, -0.15) is 0 Å². The Labute approximate surface area is 69.8 Å². The smallest absolute Gasteiger partial charge is 0.321 e. The Hall–Kier alpha value is -1.36. The number of carboxylic acid groups (broad SMARTS) is 1. The van der Waals surface area contributed by atoms with Gasteiger partial charge < -0.3 is 15.6 Å². The first-order valence-electron chi connectivity index (χ1n) is 3.37. The van der Waals surface area contributed by atoms with Gasteiger partial charge in [0.15, 0.2) is 0 Å².